The molecule has 0 fully saturated rings. The molecule has 1 aromatic rings. The Labute approximate surface area is 72.5 Å². The Bertz CT molecular complexity index is 254. The average Bonchev–Trinajstić information content (AvgIpc) is 2.04. The minimum absolute atomic E-state index is 0.212. The predicted molar refractivity (Wildman–Crippen MR) is 43.4 cm³/mol. The lowest BCUT2D eigenvalue weighted by Crippen LogP contribution is -1.95. The predicted octanol–water partition coefficient (Wildman–Crippen LogP) is 2.12. The molecule has 0 radical (unpaired) electrons. The lowest BCUT2D eigenvalue weighted by molar-refractivity contribution is 0.374. The van der Waals surface area contributed by atoms with Gasteiger partial charge < -0.3 is 4.74 Å². The largest absolute Gasteiger partial charge is 0.492 e. The van der Waals surface area contributed by atoms with Gasteiger partial charge in [-0.1, -0.05) is 15.9 Å². The van der Waals surface area contributed by atoms with Gasteiger partial charge in [0.15, 0.2) is 5.75 Å². The maximum atomic E-state index is 12.8. The summed E-state index contributed by atoms with van der Waals surface area (Å²) in [5.41, 5.74) is 0.764. The first-order valence-corrected chi connectivity index (χ1v) is 4.15. The molecule has 0 aliphatic rings. The fourth-order valence-electron chi connectivity index (χ4n) is 0.780. The number of halogens is 2. The van der Waals surface area contributed by atoms with E-state index in [1.165, 1.54) is 13.3 Å². The van der Waals surface area contributed by atoms with Gasteiger partial charge in [0.25, 0.3) is 5.95 Å². The van der Waals surface area contributed by atoms with E-state index in [-0.39, 0.29) is 5.75 Å². The highest BCUT2D eigenvalue weighted by atomic mass is 79.9. The molecule has 1 heterocycles. The molecule has 0 aromatic carbocycles. The highest BCUT2D eigenvalue weighted by Gasteiger charge is 2.07. The second-order valence-electron chi connectivity index (χ2n) is 1.93. The molecular formula is C7H7BrFNO. The van der Waals surface area contributed by atoms with Crippen LogP contribution in [0, 0.1) is 5.95 Å². The van der Waals surface area contributed by atoms with Crippen LogP contribution in [0.25, 0.3) is 0 Å². The molecule has 60 valence electrons. The Balaban J connectivity index is 3.13. The molecular weight excluding hydrogens is 213 g/mol. The second kappa shape index (κ2) is 3.67. The van der Waals surface area contributed by atoms with Gasteiger partial charge in [0, 0.05) is 17.1 Å². The van der Waals surface area contributed by atoms with Crippen LogP contribution in [0.4, 0.5) is 4.39 Å². The van der Waals surface area contributed by atoms with Crippen LogP contribution in [0.5, 0.6) is 5.75 Å². The van der Waals surface area contributed by atoms with Crippen molar-refractivity contribution in [3.8, 4) is 5.75 Å². The van der Waals surface area contributed by atoms with Crippen molar-refractivity contribution >= 4 is 15.9 Å². The molecule has 4 heteroatoms. The van der Waals surface area contributed by atoms with E-state index in [1.807, 2.05) is 0 Å². The number of hydrogen-bond donors (Lipinski definition) is 0. The van der Waals surface area contributed by atoms with Crippen LogP contribution in [0.2, 0.25) is 0 Å². The zero-order chi connectivity index (χ0) is 8.27. The van der Waals surface area contributed by atoms with Gasteiger partial charge in [-0.15, -0.1) is 0 Å². The van der Waals surface area contributed by atoms with Gasteiger partial charge in [0.05, 0.1) is 7.11 Å². The first kappa shape index (κ1) is 8.46. The van der Waals surface area contributed by atoms with Crippen molar-refractivity contribution < 1.29 is 9.13 Å². The van der Waals surface area contributed by atoms with E-state index >= 15 is 0 Å². The number of nitrogens with zero attached hydrogens (tertiary/aromatic N) is 1. The summed E-state index contributed by atoms with van der Waals surface area (Å²) in [6.45, 7) is 0. The molecule has 0 saturated heterocycles. The van der Waals surface area contributed by atoms with Crippen molar-refractivity contribution in [2.24, 2.45) is 0 Å². The van der Waals surface area contributed by atoms with Gasteiger partial charge in [-0.3, -0.25) is 0 Å². The number of methoxy groups -OCH3 is 1. The van der Waals surface area contributed by atoms with E-state index in [0.29, 0.717) is 5.33 Å². The molecule has 1 aromatic heterocycles. The summed E-state index contributed by atoms with van der Waals surface area (Å²) in [4.78, 5) is 3.45. The second-order valence-corrected chi connectivity index (χ2v) is 2.49. The third kappa shape index (κ3) is 1.68. The van der Waals surface area contributed by atoms with Crippen molar-refractivity contribution in [1.82, 2.24) is 4.98 Å². The molecule has 0 amide bonds. The summed E-state index contributed by atoms with van der Waals surface area (Å²) in [7, 11) is 1.42. The zero-order valence-corrected chi connectivity index (χ0v) is 7.56. The van der Waals surface area contributed by atoms with Gasteiger partial charge in [-0.2, -0.15) is 4.39 Å². The highest BCUT2D eigenvalue weighted by Crippen LogP contribution is 2.21. The van der Waals surface area contributed by atoms with E-state index in [9.17, 15) is 4.39 Å². The SMILES string of the molecule is COc1c(CBr)ccnc1F. The summed E-state index contributed by atoms with van der Waals surface area (Å²) in [5, 5.41) is 0.565. The van der Waals surface area contributed by atoms with E-state index in [4.69, 9.17) is 4.74 Å². The topological polar surface area (TPSA) is 22.1 Å². The molecule has 1 rings (SSSR count). The Kier molecular flexibility index (Phi) is 2.82. The normalized spacial score (nSPS) is 9.73. The first-order valence-electron chi connectivity index (χ1n) is 3.03. The van der Waals surface area contributed by atoms with Crippen LogP contribution in [0.3, 0.4) is 0 Å². The number of alkyl halides is 1. The standard InChI is InChI=1S/C7H7BrFNO/c1-11-6-5(4-8)2-3-10-7(6)9/h2-3H,4H2,1H3. The van der Waals surface area contributed by atoms with E-state index in [0.717, 1.165) is 5.56 Å². The number of pyridine rings is 1. The minimum atomic E-state index is -0.565. The van der Waals surface area contributed by atoms with Crippen LogP contribution in [0.1, 0.15) is 5.56 Å². The summed E-state index contributed by atoms with van der Waals surface area (Å²) in [5.74, 6) is -0.353. The molecule has 0 saturated carbocycles. The lowest BCUT2D eigenvalue weighted by atomic mass is 10.3. The van der Waals surface area contributed by atoms with Crippen LogP contribution in [-0.2, 0) is 5.33 Å². The molecule has 0 unspecified atom stereocenters. The van der Waals surface area contributed by atoms with Gasteiger partial charge >= 0.3 is 0 Å². The molecule has 0 aliphatic carbocycles. The van der Waals surface area contributed by atoms with Crippen molar-refractivity contribution in [2.45, 2.75) is 5.33 Å². The van der Waals surface area contributed by atoms with Gasteiger partial charge in [-0.05, 0) is 6.07 Å². The number of ether oxygens (including phenoxy) is 1. The summed E-state index contributed by atoms with van der Waals surface area (Å²) in [6, 6.07) is 1.71. The Morgan fingerprint density at radius 2 is 2.45 bits per heavy atom. The van der Waals surface area contributed by atoms with Gasteiger partial charge in [-0.25, -0.2) is 4.98 Å². The van der Waals surface area contributed by atoms with Crippen LogP contribution in [0.15, 0.2) is 12.3 Å². The molecule has 0 aliphatic heterocycles. The third-order valence-electron chi connectivity index (χ3n) is 1.29. The van der Waals surface area contributed by atoms with Crippen molar-refractivity contribution in [3.63, 3.8) is 0 Å². The molecule has 0 N–H and O–H groups in total. The smallest absolute Gasteiger partial charge is 0.255 e. The Hall–Kier alpha value is -0.640. The van der Waals surface area contributed by atoms with Crippen LogP contribution in [-0.4, -0.2) is 12.1 Å². The Morgan fingerprint density at radius 3 is 2.91 bits per heavy atom. The van der Waals surface area contributed by atoms with Crippen LogP contribution >= 0.6 is 15.9 Å². The first-order chi connectivity index (χ1) is 5.29. The van der Waals surface area contributed by atoms with E-state index in [2.05, 4.69) is 20.9 Å². The third-order valence-corrected chi connectivity index (χ3v) is 1.89. The van der Waals surface area contributed by atoms with Crippen LogP contribution < -0.4 is 4.74 Å². The maximum Gasteiger partial charge on any atom is 0.255 e. The van der Waals surface area contributed by atoms with E-state index in [1.54, 1.807) is 6.07 Å². The summed E-state index contributed by atoms with van der Waals surface area (Å²) in [6.07, 6.45) is 1.41. The molecule has 0 atom stereocenters. The molecule has 2 nitrogen and oxygen atoms in total. The number of rotatable bonds is 2. The minimum Gasteiger partial charge on any atom is -0.492 e. The van der Waals surface area contributed by atoms with Crippen molar-refractivity contribution in [1.29, 1.82) is 0 Å². The molecule has 0 bridgehead atoms. The molecule has 11 heavy (non-hydrogen) atoms. The van der Waals surface area contributed by atoms with E-state index < -0.39 is 5.95 Å². The summed E-state index contributed by atoms with van der Waals surface area (Å²) < 4.78 is 17.6. The van der Waals surface area contributed by atoms with Crippen molar-refractivity contribution in [3.05, 3.63) is 23.8 Å². The van der Waals surface area contributed by atoms with Gasteiger partial charge in [0.1, 0.15) is 0 Å². The fraction of sp³-hybridized carbons (Fsp3) is 0.286. The number of aromatic nitrogens is 1. The Morgan fingerprint density at radius 1 is 1.73 bits per heavy atom. The quantitative estimate of drug-likeness (QED) is 0.562. The summed E-state index contributed by atoms with van der Waals surface area (Å²) >= 11 is 3.21. The van der Waals surface area contributed by atoms with Gasteiger partial charge in [0.2, 0.25) is 0 Å². The maximum absolute atomic E-state index is 12.8. The fourth-order valence-corrected chi connectivity index (χ4v) is 1.22. The lowest BCUT2D eigenvalue weighted by Gasteiger charge is -2.04. The monoisotopic (exact) mass is 219 g/mol. The van der Waals surface area contributed by atoms with Crippen molar-refractivity contribution in [2.75, 3.05) is 7.11 Å². The number of hydrogen-bond acceptors (Lipinski definition) is 2. The zero-order valence-electron chi connectivity index (χ0n) is 5.97. The molecule has 0 spiro atoms. The average molecular weight is 220 g/mol. The highest BCUT2D eigenvalue weighted by molar-refractivity contribution is 9.08.